The molecule has 9 atom stereocenters. The fourth-order valence-electron chi connectivity index (χ4n) is 7.18. The van der Waals surface area contributed by atoms with Crippen molar-refractivity contribution in [2.75, 3.05) is 34.9 Å². The summed E-state index contributed by atoms with van der Waals surface area (Å²) in [6.07, 6.45) is 0.886. The van der Waals surface area contributed by atoms with Gasteiger partial charge in [-0.3, -0.25) is 19.2 Å². The van der Waals surface area contributed by atoms with Gasteiger partial charge in [0.15, 0.2) is 0 Å². The van der Waals surface area contributed by atoms with Gasteiger partial charge in [0, 0.05) is 39.1 Å². The predicted octanol–water partition coefficient (Wildman–Crippen LogP) is 3.17. The number of ether oxygens (including phenoxy) is 2. The Labute approximate surface area is 308 Å². The average Bonchev–Trinajstić information content (AvgIpc) is 3.79. The van der Waals surface area contributed by atoms with E-state index in [4.69, 9.17) is 9.47 Å². The Morgan fingerprint density at radius 1 is 1.00 bits per heavy atom. The molecular weight excluding hydrogens is 675 g/mol. The third-order valence-corrected chi connectivity index (χ3v) is 11.2. The van der Waals surface area contributed by atoms with E-state index >= 15 is 0 Å². The summed E-state index contributed by atoms with van der Waals surface area (Å²) in [4.78, 5) is 71.0. The third kappa shape index (κ3) is 11.7. The molecule has 1 aliphatic heterocycles. The molecular formula is C37H63N5O8S. The van der Waals surface area contributed by atoms with Crippen LogP contribution in [0.1, 0.15) is 79.0 Å². The van der Waals surface area contributed by atoms with E-state index in [0.29, 0.717) is 19.4 Å². The first-order chi connectivity index (χ1) is 24.0. The quantitative estimate of drug-likeness (QED) is 0.148. The van der Waals surface area contributed by atoms with Crippen LogP contribution in [0.25, 0.3) is 0 Å². The van der Waals surface area contributed by atoms with Gasteiger partial charge in [0.2, 0.25) is 23.6 Å². The Balaban J connectivity index is 2.26. The molecule has 1 aromatic rings. The molecule has 1 saturated heterocycles. The molecule has 0 saturated carbocycles. The summed E-state index contributed by atoms with van der Waals surface area (Å²) in [5, 5.41) is 20.3. The Kier molecular flexibility index (Phi) is 18.0. The molecule has 4 N–H and O–H groups in total. The number of nitrogens with zero attached hydrogens (tertiary/aromatic N) is 2. The zero-order chi connectivity index (χ0) is 38.6. The van der Waals surface area contributed by atoms with E-state index in [2.05, 4.69) is 16.0 Å². The maximum atomic E-state index is 14.1. The smallest absolute Gasteiger partial charge is 0.326 e. The normalized spacial score (nSPS) is 19.5. The molecule has 2 rings (SSSR count). The number of thiophene rings is 1. The fourth-order valence-corrected chi connectivity index (χ4v) is 7.93. The number of amides is 4. The van der Waals surface area contributed by atoms with Crippen LogP contribution in [0.4, 0.5) is 0 Å². The highest BCUT2D eigenvalue weighted by atomic mass is 32.1. The maximum absolute atomic E-state index is 14.1. The second-order valence-electron chi connectivity index (χ2n) is 14.5. The molecule has 51 heavy (non-hydrogen) atoms. The van der Waals surface area contributed by atoms with Crippen LogP contribution in [0.15, 0.2) is 17.5 Å². The first-order valence-electron chi connectivity index (χ1n) is 18.2. The minimum absolute atomic E-state index is 0.00752. The molecule has 1 aromatic heterocycles. The number of carbonyl (C=O) groups is 5. The van der Waals surface area contributed by atoms with Gasteiger partial charge in [0.05, 0.1) is 42.7 Å². The summed E-state index contributed by atoms with van der Waals surface area (Å²) in [5.74, 6) is -3.22. The summed E-state index contributed by atoms with van der Waals surface area (Å²) in [5.41, 5.74) is 0. The Bertz CT molecular complexity index is 1280. The van der Waals surface area contributed by atoms with E-state index in [0.717, 1.165) is 11.3 Å². The second-order valence-corrected chi connectivity index (χ2v) is 15.5. The molecule has 0 radical (unpaired) electrons. The number of hydrogen-bond acceptors (Lipinski definition) is 9. The number of carboxylic acids is 1. The molecule has 4 amide bonds. The predicted molar refractivity (Wildman–Crippen MR) is 198 cm³/mol. The van der Waals surface area contributed by atoms with Gasteiger partial charge in [-0.2, -0.15) is 0 Å². The number of hydrogen-bond donors (Lipinski definition) is 4. The second kappa shape index (κ2) is 20.8. The SMILES string of the molecule is CC[C@H](C)C([C@@H](CC(=O)N1CCC[C@H]1[C@H](OC)[C@@H](C)C(=O)NC(Cc1cccs1)C(=O)O)OC)N(C)C(=O)[C@@H](NC(=O)[C@@H](NC)C(C)C)C(C)C. The van der Waals surface area contributed by atoms with Gasteiger partial charge in [-0.1, -0.05) is 61.0 Å². The summed E-state index contributed by atoms with van der Waals surface area (Å²) < 4.78 is 11.8. The molecule has 2 unspecified atom stereocenters. The lowest BCUT2D eigenvalue weighted by atomic mass is 9.89. The minimum atomic E-state index is -1.12. The van der Waals surface area contributed by atoms with Gasteiger partial charge in [0.25, 0.3) is 0 Å². The molecule has 0 bridgehead atoms. The van der Waals surface area contributed by atoms with Crippen molar-refractivity contribution in [3.05, 3.63) is 22.4 Å². The topological polar surface area (TPSA) is 167 Å². The zero-order valence-corrected chi connectivity index (χ0v) is 33.2. The minimum Gasteiger partial charge on any atom is -0.480 e. The number of aliphatic carboxylic acids is 1. The molecule has 0 aromatic carbocycles. The number of likely N-dealkylation sites (tertiary alicyclic amines) is 1. The Morgan fingerprint density at radius 3 is 2.14 bits per heavy atom. The van der Waals surface area contributed by atoms with E-state index in [-0.39, 0.29) is 48.3 Å². The van der Waals surface area contributed by atoms with Gasteiger partial charge in [-0.05, 0) is 49.1 Å². The van der Waals surface area contributed by atoms with Crippen LogP contribution in [0.3, 0.4) is 0 Å². The zero-order valence-electron chi connectivity index (χ0n) is 32.4. The van der Waals surface area contributed by atoms with Crippen molar-refractivity contribution in [2.24, 2.45) is 23.7 Å². The summed E-state index contributed by atoms with van der Waals surface area (Å²) >= 11 is 1.43. The van der Waals surface area contributed by atoms with Gasteiger partial charge in [-0.15, -0.1) is 11.3 Å². The highest BCUT2D eigenvalue weighted by Gasteiger charge is 2.43. The van der Waals surface area contributed by atoms with Crippen molar-refractivity contribution < 1.29 is 38.6 Å². The van der Waals surface area contributed by atoms with Gasteiger partial charge < -0.3 is 40.3 Å². The number of methoxy groups -OCH3 is 2. The van der Waals surface area contributed by atoms with Crippen molar-refractivity contribution >= 4 is 40.9 Å². The number of carboxylic acid groups (broad SMARTS) is 1. The number of likely N-dealkylation sites (N-methyl/N-ethyl adjacent to an activating group) is 2. The van der Waals surface area contributed by atoms with Crippen LogP contribution in [-0.2, 0) is 39.9 Å². The summed E-state index contributed by atoms with van der Waals surface area (Å²) in [7, 11) is 6.46. The lowest BCUT2D eigenvalue weighted by Gasteiger charge is -2.41. The van der Waals surface area contributed by atoms with Crippen molar-refractivity contribution in [3.8, 4) is 0 Å². The summed E-state index contributed by atoms with van der Waals surface area (Å²) in [6, 6.07) is 0.450. The fraction of sp³-hybridized carbons (Fsp3) is 0.757. The number of carbonyl (C=O) groups excluding carboxylic acids is 4. The van der Waals surface area contributed by atoms with Crippen molar-refractivity contribution in [1.29, 1.82) is 0 Å². The highest BCUT2D eigenvalue weighted by Crippen LogP contribution is 2.30. The van der Waals surface area contributed by atoms with E-state index in [1.54, 1.807) is 30.8 Å². The van der Waals surface area contributed by atoms with Gasteiger partial charge in [0.1, 0.15) is 12.1 Å². The standard InChI is InChI=1S/C37H63N5O8S/c1-12-23(6)32(41(9)36(46)31(22(4)5)40-35(45)30(38-8)21(2)3)28(49-10)20-29(43)42-17-13-16-27(42)33(50-11)24(7)34(44)39-26(37(47)48)19-25-15-14-18-51-25/h14-15,18,21-24,26-28,30-33,38H,12-13,16-17,19-20H2,1-11H3,(H,39,44)(H,40,45)(H,47,48)/t23-,24+,26?,27-,28+,30-,31-,32?,33+/m0/s1. The lowest BCUT2D eigenvalue weighted by Crippen LogP contribution is -2.59. The molecule has 14 heteroatoms. The van der Waals surface area contributed by atoms with Crippen LogP contribution in [-0.4, -0.2) is 122 Å². The Morgan fingerprint density at radius 2 is 1.65 bits per heavy atom. The van der Waals surface area contributed by atoms with Crippen molar-refractivity contribution in [3.63, 3.8) is 0 Å². The van der Waals surface area contributed by atoms with Crippen LogP contribution in [0.2, 0.25) is 0 Å². The Hall–Kier alpha value is -3.07. The molecule has 0 aliphatic carbocycles. The van der Waals surface area contributed by atoms with Crippen LogP contribution in [0, 0.1) is 23.7 Å². The highest BCUT2D eigenvalue weighted by molar-refractivity contribution is 7.09. The van der Waals surface area contributed by atoms with Crippen LogP contribution >= 0.6 is 11.3 Å². The largest absolute Gasteiger partial charge is 0.480 e. The molecule has 1 fully saturated rings. The van der Waals surface area contributed by atoms with E-state index in [1.165, 1.54) is 25.6 Å². The lowest BCUT2D eigenvalue weighted by molar-refractivity contribution is -0.148. The van der Waals surface area contributed by atoms with Crippen LogP contribution in [0.5, 0.6) is 0 Å². The molecule has 2 heterocycles. The van der Waals surface area contributed by atoms with Gasteiger partial charge >= 0.3 is 5.97 Å². The van der Waals surface area contributed by atoms with Crippen LogP contribution < -0.4 is 16.0 Å². The van der Waals surface area contributed by atoms with Gasteiger partial charge in [-0.25, -0.2) is 4.79 Å². The molecule has 13 nitrogen and oxygen atoms in total. The molecule has 1 aliphatic rings. The van der Waals surface area contributed by atoms with Crippen molar-refractivity contribution in [1.82, 2.24) is 25.8 Å². The first kappa shape index (κ1) is 44.1. The maximum Gasteiger partial charge on any atom is 0.326 e. The first-order valence-corrected chi connectivity index (χ1v) is 19.1. The monoisotopic (exact) mass is 737 g/mol. The summed E-state index contributed by atoms with van der Waals surface area (Å²) in [6.45, 7) is 13.9. The molecule has 290 valence electrons. The van der Waals surface area contributed by atoms with E-state index in [9.17, 15) is 29.1 Å². The van der Waals surface area contributed by atoms with Crippen molar-refractivity contribution in [2.45, 2.75) is 123 Å². The number of nitrogens with one attached hydrogen (secondary N) is 3. The average molecular weight is 738 g/mol. The number of rotatable bonds is 21. The van der Waals surface area contributed by atoms with E-state index < -0.39 is 60.2 Å². The molecule has 0 spiro atoms. The third-order valence-electron chi connectivity index (χ3n) is 10.3. The van der Waals surface area contributed by atoms with E-state index in [1.807, 2.05) is 59.1 Å².